The maximum Gasteiger partial charge on any atom is 0.179 e. The predicted molar refractivity (Wildman–Crippen MR) is 88.1 cm³/mol. The average molecular weight is 309 g/mol. The summed E-state index contributed by atoms with van der Waals surface area (Å²) in [6.45, 7) is 7.43. The summed E-state index contributed by atoms with van der Waals surface area (Å²) in [4.78, 5) is 17.2. The molecule has 1 saturated heterocycles. The third-order valence-electron chi connectivity index (χ3n) is 4.57. The van der Waals surface area contributed by atoms with E-state index < -0.39 is 0 Å². The first-order valence-corrected chi connectivity index (χ1v) is 8.14. The average Bonchev–Trinajstić information content (AvgIpc) is 2.93. The van der Waals surface area contributed by atoms with Crippen LogP contribution in [0.4, 0.5) is 0 Å². The number of nitrogens with zero attached hydrogens (tertiary/aromatic N) is 2. The van der Waals surface area contributed by atoms with E-state index in [0.29, 0.717) is 11.1 Å². The van der Waals surface area contributed by atoms with E-state index in [1.54, 1.807) is 12.1 Å². The minimum absolute atomic E-state index is 0.106. The van der Waals surface area contributed by atoms with E-state index in [9.17, 15) is 4.79 Å². The summed E-state index contributed by atoms with van der Waals surface area (Å²) < 4.78 is 0. The van der Waals surface area contributed by atoms with Gasteiger partial charge in [0.1, 0.15) is 0 Å². The Morgan fingerprint density at radius 1 is 1.43 bits per heavy atom. The van der Waals surface area contributed by atoms with E-state index in [-0.39, 0.29) is 11.8 Å². The van der Waals surface area contributed by atoms with E-state index in [1.807, 2.05) is 26.1 Å². The Hall–Kier alpha value is -0.900. The van der Waals surface area contributed by atoms with E-state index in [4.69, 9.17) is 11.6 Å². The van der Waals surface area contributed by atoms with Crippen molar-refractivity contribution < 1.29 is 4.79 Å². The molecule has 0 radical (unpaired) electrons. The number of carbonyl (C=O) groups is 1. The molecule has 1 aliphatic heterocycles. The van der Waals surface area contributed by atoms with Gasteiger partial charge in [0.2, 0.25) is 0 Å². The molecule has 116 valence electrons. The Balaban J connectivity index is 1.96. The third kappa shape index (κ3) is 4.06. The summed E-state index contributed by atoms with van der Waals surface area (Å²) in [6, 6.07) is 7.64. The van der Waals surface area contributed by atoms with Gasteiger partial charge in [-0.1, -0.05) is 18.5 Å². The van der Waals surface area contributed by atoms with E-state index in [0.717, 1.165) is 18.7 Å². The topological polar surface area (TPSA) is 23.6 Å². The van der Waals surface area contributed by atoms with Crippen LogP contribution in [0.15, 0.2) is 24.3 Å². The molecule has 0 N–H and O–H groups in total. The first-order valence-electron chi connectivity index (χ1n) is 7.77. The molecule has 0 spiro atoms. The van der Waals surface area contributed by atoms with Crippen LogP contribution in [0.5, 0.6) is 0 Å². The van der Waals surface area contributed by atoms with Crippen molar-refractivity contribution in [2.75, 3.05) is 26.7 Å². The molecular weight excluding hydrogens is 284 g/mol. The summed E-state index contributed by atoms with van der Waals surface area (Å²) in [6.07, 6.45) is 2.51. The molecule has 21 heavy (non-hydrogen) atoms. The molecule has 1 aromatic rings. The SMILES string of the molecule is CCN1CCCC1CN(C)C(C)C(=O)c1ccc(Cl)cc1. The molecule has 2 atom stereocenters. The van der Waals surface area contributed by atoms with Crippen molar-refractivity contribution in [1.82, 2.24) is 9.80 Å². The van der Waals surface area contributed by atoms with Gasteiger partial charge in [-0.05, 0) is 64.2 Å². The van der Waals surface area contributed by atoms with Crippen LogP contribution in [-0.4, -0.2) is 54.3 Å². The van der Waals surface area contributed by atoms with Crippen molar-refractivity contribution >= 4 is 17.4 Å². The Bertz CT molecular complexity index is 474. The molecular formula is C17H25ClN2O. The third-order valence-corrected chi connectivity index (χ3v) is 4.83. The van der Waals surface area contributed by atoms with Gasteiger partial charge in [-0.3, -0.25) is 14.6 Å². The predicted octanol–water partition coefficient (Wildman–Crippen LogP) is 3.33. The monoisotopic (exact) mass is 308 g/mol. The van der Waals surface area contributed by atoms with Crippen molar-refractivity contribution in [2.45, 2.75) is 38.8 Å². The Kier molecular flexibility index (Phi) is 5.80. The van der Waals surface area contributed by atoms with Gasteiger partial charge in [0.15, 0.2) is 5.78 Å². The fraction of sp³-hybridized carbons (Fsp3) is 0.588. The highest BCUT2D eigenvalue weighted by Gasteiger charge is 2.27. The van der Waals surface area contributed by atoms with Crippen molar-refractivity contribution in [1.29, 1.82) is 0 Å². The fourth-order valence-corrected chi connectivity index (χ4v) is 3.19. The van der Waals surface area contributed by atoms with E-state index >= 15 is 0 Å². The lowest BCUT2D eigenvalue weighted by Crippen LogP contribution is -2.44. The molecule has 0 amide bonds. The lowest BCUT2D eigenvalue weighted by molar-refractivity contribution is 0.0836. The van der Waals surface area contributed by atoms with Crippen molar-refractivity contribution in [2.24, 2.45) is 0 Å². The van der Waals surface area contributed by atoms with Gasteiger partial charge < -0.3 is 0 Å². The summed E-state index contributed by atoms with van der Waals surface area (Å²) in [5.41, 5.74) is 0.734. The van der Waals surface area contributed by atoms with Gasteiger partial charge in [-0.2, -0.15) is 0 Å². The molecule has 0 bridgehead atoms. The second-order valence-corrected chi connectivity index (χ2v) is 6.35. The number of likely N-dealkylation sites (tertiary alicyclic amines) is 1. The normalized spacial score (nSPS) is 20.9. The van der Waals surface area contributed by atoms with Gasteiger partial charge in [0, 0.05) is 23.2 Å². The number of Topliss-reactive ketones (excluding diaryl/α,β-unsaturated/α-hetero) is 1. The van der Waals surface area contributed by atoms with Gasteiger partial charge in [0.05, 0.1) is 6.04 Å². The highest BCUT2D eigenvalue weighted by atomic mass is 35.5. The molecule has 1 heterocycles. The van der Waals surface area contributed by atoms with Crippen molar-refractivity contribution in [3.05, 3.63) is 34.9 Å². The van der Waals surface area contributed by atoms with Crippen LogP contribution in [0, 0.1) is 0 Å². The molecule has 3 nitrogen and oxygen atoms in total. The zero-order valence-electron chi connectivity index (χ0n) is 13.2. The first kappa shape index (κ1) is 16.5. The zero-order chi connectivity index (χ0) is 15.4. The van der Waals surface area contributed by atoms with Crippen LogP contribution in [0.3, 0.4) is 0 Å². The van der Waals surface area contributed by atoms with Crippen LogP contribution in [0.2, 0.25) is 5.02 Å². The molecule has 0 aromatic heterocycles. The van der Waals surface area contributed by atoms with Crippen LogP contribution in [0.1, 0.15) is 37.0 Å². The number of hydrogen-bond acceptors (Lipinski definition) is 3. The molecule has 4 heteroatoms. The van der Waals surface area contributed by atoms with Gasteiger partial charge in [0.25, 0.3) is 0 Å². The number of halogens is 1. The number of likely N-dealkylation sites (N-methyl/N-ethyl adjacent to an activating group) is 2. The van der Waals surface area contributed by atoms with Crippen LogP contribution < -0.4 is 0 Å². The number of benzene rings is 1. The molecule has 1 fully saturated rings. The quantitative estimate of drug-likeness (QED) is 0.753. The smallest absolute Gasteiger partial charge is 0.179 e. The molecule has 0 saturated carbocycles. The maximum absolute atomic E-state index is 12.5. The largest absolute Gasteiger partial charge is 0.299 e. The zero-order valence-corrected chi connectivity index (χ0v) is 13.9. The Morgan fingerprint density at radius 2 is 2.10 bits per heavy atom. The van der Waals surface area contributed by atoms with Gasteiger partial charge in [-0.25, -0.2) is 0 Å². The number of ketones is 1. The number of carbonyl (C=O) groups excluding carboxylic acids is 1. The Labute approximate surface area is 132 Å². The van der Waals surface area contributed by atoms with E-state index in [2.05, 4.69) is 16.7 Å². The second kappa shape index (κ2) is 7.39. The molecule has 0 aliphatic carbocycles. The Morgan fingerprint density at radius 3 is 2.71 bits per heavy atom. The number of rotatable bonds is 6. The molecule has 2 rings (SSSR count). The molecule has 2 unspecified atom stereocenters. The van der Waals surface area contributed by atoms with Gasteiger partial charge in [-0.15, -0.1) is 0 Å². The molecule has 1 aliphatic rings. The summed E-state index contributed by atoms with van der Waals surface area (Å²) >= 11 is 5.88. The highest BCUT2D eigenvalue weighted by molar-refractivity contribution is 6.30. The van der Waals surface area contributed by atoms with E-state index in [1.165, 1.54) is 19.4 Å². The van der Waals surface area contributed by atoms with Crippen molar-refractivity contribution in [3.8, 4) is 0 Å². The number of hydrogen-bond donors (Lipinski definition) is 0. The summed E-state index contributed by atoms with van der Waals surface area (Å²) in [5, 5.41) is 0.664. The highest BCUT2D eigenvalue weighted by Crippen LogP contribution is 2.19. The maximum atomic E-state index is 12.5. The fourth-order valence-electron chi connectivity index (χ4n) is 3.06. The minimum atomic E-state index is -0.106. The summed E-state index contributed by atoms with van der Waals surface area (Å²) in [5.74, 6) is 0.162. The van der Waals surface area contributed by atoms with Crippen LogP contribution in [0.25, 0.3) is 0 Å². The van der Waals surface area contributed by atoms with Crippen LogP contribution in [-0.2, 0) is 0 Å². The second-order valence-electron chi connectivity index (χ2n) is 5.91. The molecule has 1 aromatic carbocycles. The standard InChI is InChI=1S/C17H25ClN2O/c1-4-20-11-5-6-16(20)12-19(3)13(2)17(21)14-7-9-15(18)10-8-14/h7-10,13,16H,4-6,11-12H2,1-3H3. The lowest BCUT2D eigenvalue weighted by Gasteiger charge is -2.30. The summed E-state index contributed by atoms with van der Waals surface area (Å²) in [7, 11) is 2.05. The minimum Gasteiger partial charge on any atom is -0.299 e. The lowest BCUT2D eigenvalue weighted by atomic mass is 10.0. The first-order chi connectivity index (χ1) is 10.0. The van der Waals surface area contributed by atoms with Crippen molar-refractivity contribution in [3.63, 3.8) is 0 Å². The van der Waals surface area contributed by atoms with Gasteiger partial charge >= 0.3 is 0 Å². The van der Waals surface area contributed by atoms with Crippen LogP contribution >= 0.6 is 11.6 Å².